The van der Waals surface area contributed by atoms with Gasteiger partial charge in [0.2, 0.25) is 0 Å². The molecular weight excluding hydrogens is 228 g/mol. The maximum Gasteiger partial charge on any atom is 0.0754 e. The first kappa shape index (κ1) is 14.3. The van der Waals surface area contributed by atoms with Crippen LogP contribution in [-0.4, -0.2) is 32.6 Å². The lowest BCUT2D eigenvalue weighted by atomic mass is 9.50. The zero-order valence-corrected chi connectivity index (χ0v) is 12.1. The monoisotopic (exact) mass is 256 g/mol. The molecule has 5 atom stereocenters. The van der Waals surface area contributed by atoms with Gasteiger partial charge in [-0.05, 0) is 57.8 Å². The van der Waals surface area contributed by atoms with Gasteiger partial charge in [0.15, 0.2) is 0 Å². The Bertz CT molecular complexity index is 322. The van der Waals surface area contributed by atoms with Crippen molar-refractivity contribution >= 4 is 0 Å². The molecule has 2 aliphatic rings. The van der Waals surface area contributed by atoms with Crippen molar-refractivity contribution in [1.82, 2.24) is 0 Å². The maximum atomic E-state index is 11.2. The van der Waals surface area contributed by atoms with Crippen LogP contribution < -0.4 is 0 Å². The zero-order valence-electron chi connectivity index (χ0n) is 12.1. The lowest BCUT2D eigenvalue weighted by Crippen LogP contribution is -2.64. The van der Waals surface area contributed by atoms with Gasteiger partial charge in [-0.3, -0.25) is 0 Å². The lowest BCUT2D eigenvalue weighted by molar-refractivity contribution is -0.231. The zero-order chi connectivity index (χ0) is 13.8. The first-order valence-corrected chi connectivity index (χ1v) is 7.24. The number of hydrogen-bond donors (Lipinski definition) is 3. The second kappa shape index (κ2) is 4.19. The van der Waals surface area contributed by atoms with E-state index in [1.165, 1.54) is 0 Å². The van der Waals surface area contributed by atoms with Gasteiger partial charge in [-0.15, -0.1) is 0 Å². The van der Waals surface area contributed by atoms with Crippen LogP contribution in [-0.2, 0) is 0 Å². The van der Waals surface area contributed by atoms with Gasteiger partial charge in [-0.2, -0.15) is 0 Å². The molecule has 18 heavy (non-hydrogen) atoms. The average Bonchev–Trinajstić information content (AvgIpc) is 2.26. The van der Waals surface area contributed by atoms with Crippen molar-refractivity contribution in [2.75, 3.05) is 0 Å². The summed E-state index contributed by atoms with van der Waals surface area (Å²) in [6.07, 6.45) is 3.52. The minimum Gasteiger partial charge on any atom is -0.392 e. The minimum atomic E-state index is -0.840. The molecule has 0 saturated heterocycles. The van der Waals surface area contributed by atoms with Crippen LogP contribution in [0.5, 0.6) is 0 Å². The molecule has 2 saturated carbocycles. The van der Waals surface area contributed by atoms with Crippen molar-refractivity contribution in [3.05, 3.63) is 0 Å². The van der Waals surface area contributed by atoms with E-state index in [1.807, 2.05) is 20.8 Å². The summed E-state index contributed by atoms with van der Waals surface area (Å²) < 4.78 is 0. The summed E-state index contributed by atoms with van der Waals surface area (Å²) in [6.45, 7) is 7.76. The molecular formula is C15H28O3. The number of aliphatic hydroxyl groups excluding tert-OH is 1. The molecule has 2 aliphatic carbocycles. The fourth-order valence-corrected chi connectivity index (χ4v) is 4.19. The Morgan fingerprint density at radius 2 is 1.78 bits per heavy atom. The lowest BCUT2D eigenvalue weighted by Gasteiger charge is -2.60. The van der Waals surface area contributed by atoms with E-state index in [2.05, 4.69) is 6.92 Å². The first-order chi connectivity index (χ1) is 8.11. The fraction of sp³-hybridized carbons (Fsp3) is 1.00. The van der Waals surface area contributed by atoms with Crippen molar-refractivity contribution in [3.63, 3.8) is 0 Å². The molecule has 0 amide bonds. The van der Waals surface area contributed by atoms with E-state index in [0.717, 1.165) is 25.7 Å². The van der Waals surface area contributed by atoms with Gasteiger partial charge in [-0.25, -0.2) is 0 Å². The molecule has 0 unspecified atom stereocenters. The van der Waals surface area contributed by atoms with E-state index in [0.29, 0.717) is 6.42 Å². The van der Waals surface area contributed by atoms with Crippen molar-refractivity contribution in [2.45, 2.75) is 77.1 Å². The van der Waals surface area contributed by atoms with E-state index in [4.69, 9.17) is 0 Å². The molecule has 3 nitrogen and oxygen atoms in total. The molecule has 0 bridgehead atoms. The van der Waals surface area contributed by atoms with Crippen LogP contribution in [0.1, 0.15) is 59.8 Å². The summed E-state index contributed by atoms with van der Waals surface area (Å²) in [6, 6.07) is 0. The van der Waals surface area contributed by atoms with Crippen LogP contribution >= 0.6 is 0 Å². The highest BCUT2D eigenvalue weighted by atomic mass is 16.3. The van der Waals surface area contributed by atoms with Gasteiger partial charge in [0.05, 0.1) is 17.3 Å². The molecule has 0 aliphatic heterocycles. The molecule has 0 aromatic heterocycles. The largest absolute Gasteiger partial charge is 0.392 e. The molecule has 2 fully saturated rings. The van der Waals surface area contributed by atoms with Crippen molar-refractivity contribution in [3.8, 4) is 0 Å². The Labute approximate surface area is 110 Å². The van der Waals surface area contributed by atoms with Crippen molar-refractivity contribution in [1.29, 1.82) is 0 Å². The number of rotatable bonds is 1. The standard InChI is InChI=1S/C15H28O3/c1-10-5-6-12(16)14(4)8-7-11(13(2,3)17)9-15(10,14)18/h10-12,16-18H,5-9H2,1-4H3/t10-,11+,12-,14+,15-/m1/s1. The van der Waals surface area contributed by atoms with Gasteiger partial charge >= 0.3 is 0 Å². The predicted octanol–water partition coefficient (Wildman–Crippen LogP) is 2.09. The Morgan fingerprint density at radius 1 is 1.17 bits per heavy atom. The van der Waals surface area contributed by atoms with Gasteiger partial charge < -0.3 is 15.3 Å². The Hall–Kier alpha value is -0.120. The summed E-state index contributed by atoms with van der Waals surface area (Å²) in [5, 5.41) is 31.7. The van der Waals surface area contributed by atoms with Crippen molar-refractivity contribution in [2.24, 2.45) is 17.3 Å². The highest BCUT2D eigenvalue weighted by Crippen LogP contribution is 2.57. The Balaban J connectivity index is 2.31. The van der Waals surface area contributed by atoms with E-state index < -0.39 is 22.7 Å². The predicted molar refractivity (Wildman–Crippen MR) is 71.1 cm³/mol. The summed E-state index contributed by atoms with van der Waals surface area (Å²) in [5.41, 5.74) is -2.00. The molecule has 0 radical (unpaired) electrons. The van der Waals surface area contributed by atoms with Crippen LogP contribution in [0, 0.1) is 17.3 Å². The van der Waals surface area contributed by atoms with Gasteiger partial charge in [0.25, 0.3) is 0 Å². The molecule has 0 spiro atoms. The topological polar surface area (TPSA) is 60.7 Å². The third-order valence-electron chi connectivity index (χ3n) is 5.98. The van der Waals surface area contributed by atoms with Crippen LogP contribution in [0.3, 0.4) is 0 Å². The van der Waals surface area contributed by atoms with E-state index in [1.54, 1.807) is 0 Å². The highest BCUT2D eigenvalue weighted by molar-refractivity contribution is 5.10. The third-order valence-corrected chi connectivity index (χ3v) is 5.98. The second-order valence-corrected chi connectivity index (χ2v) is 7.43. The molecule has 3 heteroatoms. The van der Waals surface area contributed by atoms with Crippen LogP contribution in [0.25, 0.3) is 0 Å². The molecule has 3 N–H and O–H groups in total. The van der Waals surface area contributed by atoms with Gasteiger partial charge in [-0.1, -0.05) is 13.8 Å². The summed E-state index contributed by atoms with van der Waals surface area (Å²) >= 11 is 0. The van der Waals surface area contributed by atoms with Crippen molar-refractivity contribution < 1.29 is 15.3 Å². The molecule has 0 aromatic carbocycles. The molecule has 0 aromatic rings. The quantitative estimate of drug-likeness (QED) is 0.673. The Morgan fingerprint density at radius 3 is 2.33 bits per heavy atom. The Kier molecular flexibility index (Phi) is 3.33. The normalized spacial score (nSPS) is 49.8. The van der Waals surface area contributed by atoms with Gasteiger partial charge in [0, 0.05) is 5.41 Å². The van der Waals surface area contributed by atoms with E-state index in [-0.39, 0.29) is 11.8 Å². The average molecular weight is 256 g/mol. The maximum absolute atomic E-state index is 11.2. The fourth-order valence-electron chi connectivity index (χ4n) is 4.19. The summed E-state index contributed by atoms with van der Waals surface area (Å²) in [5.74, 6) is 0.305. The summed E-state index contributed by atoms with van der Waals surface area (Å²) in [7, 11) is 0. The SMILES string of the molecule is C[C@@H]1CC[C@@H](O)[C@]2(C)CC[C@H](C(C)(C)O)C[C@@]12O. The van der Waals surface area contributed by atoms with E-state index in [9.17, 15) is 15.3 Å². The molecule has 2 rings (SSSR count). The first-order valence-electron chi connectivity index (χ1n) is 7.24. The number of hydrogen-bond acceptors (Lipinski definition) is 3. The van der Waals surface area contributed by atoms with Crippen LogP contribution in [0.15, 0.2) is 0 Å². The molecule has 106 valence electrons. The van der Waals surface area contributed by atoms with Crippen LogP contribution in [0.2, 0.25) is 0 Å². The number of aliphatic hydroxyl groups is 3. The van der Waals surface area contributed by atoms with Crippen LogP contribution in [0.4, 0.5) is 0 Å². The van der Waals surface area contributed by atoms with E-state index >= 15 is 0 Å². The second-order valence-electron chi connectivity index (χ2n) is 7.43. The van der Waals surface area contributed by atoms with Gasteiger partial charge in [0.1, 0.15) is 0 Å². The third kappa shape index (κ3) is 1.91. The smallest absolute Gasteiger partial charge is 0.0754 e. The highest BCUT2D eigenvalue weighted by Gasteiger charge is 2.60. The summed E-state index contributed by atoms with van der Waals surface area (Å²) in [4.78, 5) is 0. The molecule has 0 heterocycles. The minimum absolute atomic E-state index is 0.114. The number of fused-ring (bicyclic) bond motifs is 1.